The molecule has 0 atom stereocenters. The summed E-state index contributed by atoms with van der Waals surface area (Å²) in [5.41, 5.74) is 4.69. The van der Waals surface area contributed by atoms with Crippen LogP contribution in [0.15, 0.2) is 30.3 Å². The van der Waals surface area contributed by atoms with Gasteiger partial charge in [0.2, 0.25) is 0 Å². The van der Waals surface area contributed by atoms with Crippen LogP contribution in [-0.4, -0.2) is 10.5 Å². The zero-order valence-electron chi connectivity index (χ0n) is 15.0. The van der Waals surface area contributed by atoms with E-state index in [1.165, 1.54) is 37.8 Å². The van der Waals surface area contributed by atoms with E-state index in [9.17, 15) is 4.79 Å². The van der Waals surface area contributed by atoms with Gasteiger partial charge in [-0.05, 0) is 50.5 Å². The second kappa shape index (κ2) is 7.57. The summed E-state index contributed by atoms with van der Waals surface area (Å²) in [6.07, 6.45) is 6.67. The molecule has 0 spiro atoms. The van der Waals surface area contributed by atoms with Gasteiger partial charge < -0.3 is 9.88 Å². The Bertz CT molecular complexity index is 790. The summed E-state index contributed by atoms with van der Waals surface area (Å²) >= 11 is 0. The highest BCUT2D eigenvalue weighted by molar-refractivity contribution is 6.05. The lowest BCUT2D eigenvalue weighted by atomic mass is 9.95. The first-order valence-electron chi connectivity index (χ1n) is 9.06. The molecule has 25 heavy (non-hydrogen) atoms. The number of anilines is 1. The first-order valence-corrected chi connectivity index (χ1v) is 9.06. The van der Waals surface area contributed by atoms with Gasteiger partial charge in [-0.15, -0.1) is 0 Å². The van der Waals surface area contributed by atoms with E-state index >= 15 is 0 Å². The number of aryl methyl sites for hydroxylation is 1. The SMILES string of the molecule is Cc1cc(C(=O)Nc2ccc(CC#N)cc2)c(C)n1C1CCCCC1. The van der Waals surface area contributed by atoms with Gasteiger partial charge in [-0.2, -0.15) is 5.26 Å². The van der Waals surface area contributed by atoms with E-state index < -0.39 is 0 Å². The molecular formula is C21H25N3O. The van der Waals surface area contributed by atoms with Crippen molar-refractivity contribution < 1.29 is 4.79 Å². The number of amides is 1. The molecule has 1 heterocycles. The standard InChI is InChI=1S/C21H25N3O/c1-15-14-20(16(2)24(15)19-6-4-3-5-7-19)21(25)23-18-10-8-17(9-11-18)12-13-22/h8-11,14,19H,3-7,12H2,1-2H3,(H,23,25). The van der Waals surface area contributed by atoms with Crippen LogP contribution in [0.3, 0.4) is 0 Å². The summed E-state index contributed by atoms with van der Waals surface area (Å²) < 4.78 is 2.35. The van der Waals surface area contributed by atoms with Crippen molar-refractivity contribution in [3.63, 3.8) is 0 Å². The van der Waals surface area contributed by atoms with Crippen molar-refractivity contribution in [3.8, 4) is 6.07 Å². The van der Waals surface area contributed by atoms with Gasteiger partial charge in [-0.1, -0.05) is 31.4 Å². The summed E-state index contributed by atoms with van der Waals surface area (Å²) in [5, 5.41) is 11.7. The number of nitriles is 1. The normalized spacial score (nSPS) is 14.9. The number of hydrogen-bond acceptors (Lipinski definition) is 2. The maximum absolute atomic E-state index is 12.7. The maximum atomic E-state index is 12.7. The van der Waals surface area contributed by atoms with E-state index in [0.717, 1.165) is 22.5 Å². The third kappa shape index (κ3) is 3.76. The van der Waals surface area contributed by atoms with E-state index in [0.29, 0.717) is 12.5 Å². The van der Waals surface area contributed by atoms with Crippen LogP contribution in [0, 0.1) is 25.2 Å². The van der Waals surface area contributed by atoms with Crippen LogP contribution < -0.4 is 5.32 Å². The molecule has 1 fully saturated rings. The van der Waals surface area contributed by atoms with Crippen molar-refractivity contribution in [1.29, 1.82) is 5.26 Å². The summed E-state index contributed by atoms with van der Waals surface area (Å²) in [4.78, 5) is 12.7. The molecular weight excluding hydrogens is 310 g/mol. The lowest BCUT2D eigenvalue weighted by molar-refractivity contribution is 0.102. The maximum Gasteiger partial charge on any atom is 0.257 e. The molecule has 0 radical (unpaired) electrons. The van der Waals surface area contributed by atoms with Gasteiger partial charge in [0.15, 0.2) is 0 Å². The Kier molecular flexibility index (Phi) is 5.23. The number of rotatable bonds is 4. The van der Waals surface area contributed by atoms with Crippen LogP contribution in [0.4, 0.5) is 5.69 Å². The largest absolute Gasteiger partial charge is 0.345 e. The first-order chi connectivity index (χ1) is 12.1. The monoisotopic (exact) mass is 335 g/mol. The van der Waals surface area contributed by atoms with Gasteiger partial charge in [0.05, 0.1) is 18.1 Å². The molecule has 4 heteroatoms. The van der Waals surface area contributed by atoms with Gasteiger partial charge in [-0.3, -0.25) is 4.79 Å². The molecule has 0 aliphatic heterocycles. The van der Waals surface area contributed by atoms with Crippen LogP contribution in [0.2, 0.25) is 0 Å². The molecule has 2 aromatic rings. The number of hydrogen-bond donors (Lipinski definition) is 1. The zero-order valence-corrected chi connectivity index (χ0v) is 15.0. The van der Waals surface area contributed by atoms with Gasteiger partial charge in [-0.25, -0.2) is 0 Å². The average molecular weight is 335 g/mol. The number of benzene rings is 1. The molecule has 4 nitrogen and oxygen atoms in total. The van der Waals surface area contributed by atoms with Gasteiger partial charge >= 0.3 is 0 Å². The van der Waals surface area contributed by atoms with Crippen LogP contribution in [0.1, 0.15) is 65.5 Å². The molecule has 3 rings (SSSR count). The lowest BCUT2D eigenvalue weighted by Crippen LogP contribution is -2.17. The van der Waals surface area contributed by atoms with Crippen molar-refractivity contribution in [2.45, 2.75) is 58.4 Å². The molecule has 1 amide bonds. The van der Waals surface area contributed by atoms with E-state index in [4.69, 9.17) is 5.26 Å². The molecule has 1 aliphatic rings. The minimum Gasteiger partial charge on any atom is -0.345 e. The molecule has 130 valence electrons. The Hall–Kier alpha value is -2.54. The highest BCUT2D eigenvalue weighted by Crippen LogP contribution is 2.32. The molecule has 1 aliphatic carbocycles. The van der Waals surface area contributed by atoms with Gasteiger partial charge in [0, 0.05) is 23.1 Å². The highest BCUT2D eigenvalue weighted by Gasteiger charge is 2.22. The number of carbonyl (C=O) groups is 1. The fraction of sp³-hybridized carbons (Fsp3) is 0.429. The second-order valence-corrected chi connectivity index (χ2v) is 6.93. The number of carbonyl (C=O) groups excluding carboxylic acids is 1. The van der Waals surface area contributed by atoms with Crippen molar-refractivity contribution in [2.75, 3.05) is 5.32 Å². The molecule has 0 bridgehead atoms. The topological polar surface area (TPSA) is 57.8 Å². The third-order valence-corrected chi connectivity index (χ3v) is 5.16. The molecule has 1 aromatic heterocycles. The van der Waals surface area contributed by atoms with Crippen molar-refractivity contribution in [3.05, 3.63) is 52.8 Å². The highest BCUT2D eigenvalue weighted by atomic mass is 16.1. The smallest absolute Gasteiger partial charge is 0.257 e. The Morgan fingerprint density at radius 3 is 2.52 bits per heavy atom. The van der Waals surface area contributed by atoms with Crippen molar-refractivity contribution in [2.24, 2.45) is 0 Å². The summed E-state index contributed by atoms with van der Waals surface area (Å²) in [7, 11) is 0. The number of aromatic nitrogens is 1. The fourth-order valence-corrected chi connectivity index (χ4v) is 3.90. The molecule has 1 N–H and O–H groups in total. The average Bonchev–Trinajstić information content (AvgIpc) is 2.92. The Morgan fingerprint density at radius 1 is 1.20 bits per heavy atom. The lowest BCUT2D eigenvalue weighted by Gasteiger charge is -2.26. The van der Waals surface area contributed by atoms with E-state index in [2.05, 4.69) is 22.9 Å². The third-order valence-electron chi connectivity index (χ3n) is 5.16. The van der Waals surface area contributed by atoms with Crippen LogP contribution in [0.25, 0.3) is 0 Å². The van der Waals surface area contributed by atoms with E-state index in [-0.39, 0.29) is 5.91 Å². The van der Waals surface area contributed by atoms with Gasteiger partial charge in [0.25, 0.3) is 5.91 Å². The van der Waals surface area contributed by atoms with Crippen LogP contribution in [0.5, 0.6) is 0 Å². The van der Waals surface area contributed by atoms with E-state index in [1.807, 2.05) is 37.3 Å². The second-order valence-electron chi connectivity index (χ2n) is 6.93. The molecule has 0 unspecified atom stereocenters. The Morgan fingerprint density at radius 2 is 1.88 bits per heavy atom. The Balaban J connectivity index is 1.77. The van der Waals surface area contributed by atoms with Crippen LogP contribution in [-0.2, 0) is 6.42 Å². The predicted molar refractivity (Wildman–Crippen MR) is 99.7 cm³/mol. The summed E-state index contributed by atoms with van der Waals surface area (Å²) in [6, 6.07) is 12.1. The number of nitrogens with zero attached hydrogens (tertiary/aromatic N) is 2. The van der Waals surface area contributed by atoms with Crippen molar-refractivity contribution in [1.82, 2.24) is 4.57 Å². The summed E-state index contributed by atoms with van der Waals surface area (Å²) in [5.74, 6) is -0.0665. The zero-order chi connectivity index (χ0) is 17.8. The minimum atomic E-state index is -0.0665. The van der Waals surface area contributed by atoms with E-state index in [1.54, 1.807) is 0 Å². The molecule has 0 saturated heterocycles. The fourth-order valence-electron chi connectivity index (χ4n) is 3.90. The minimum absolute atomic E-state index is 0.0665. The quantitative estimate of drug-likeness (QED) is 0.861. The number of nitrogens with one attached hydrogen (secondary N) is 1. The first kappa shape index (κ1) is 17.3. The van der Waals surface area contributed by atoms with Gasteiger partial charge in [0.1, 0.15) is 0 Å². The molecule has 1 saturated carbocycles. The van der Waals surface area contributed by atoms with Crippen LogP contribution >= 0.6 is 0 Å². The van der Waals surface area contributed by atoms with Crippen molar-refractivity contribution >= 4 is 11.6 Å². The predicted octanol–water partition coefficient (Wildman–Crippen LogP) is 4.93. The Labute approximate surface area is 149 Å². The molecule has 1 aromatic carbocycles. The summed E-state index contributed by atoms with van der Waals surface area (Å²) in [6.45, 7) is 4.14.